The molecule has 35 heavy (non-hydrogen) atoms. The molecule has 3 rings (SSSR count). The van der Waals surface area contributed by atoms with Crippen molar-refractivity contribution in [1.29, 1.82) is 0 Å². The Labute approximate surface area is 206 Å². The zero-order chi connectivity index (χ0) is 25.2. The van der Waals surface area contributed by atoms with Crippen molar-refractivity contribution in [2.45, 2.75) is 26.4 Å². The number of rotatable bonds is 12. The lowest BCUT2D eigenvalue weighted by atomic mass is 9.99. The van der Waals surface area contributed by atoms with E-state index >= 15 is 0 Å². The van der Waals surface area contributed by atoms with Gasteiger partial charge < -0.3 is 24.1 Å². The largest absolute Gasteiger partial charge is 0.496 e. The van der Waals surface area contributed by atoms with Crippen molar-refractivity contribution in [1.82, 2.24) is 0 Å². The zero-order valence-corrected chi connectivity index (χ0v) is 20.6. The Morgan fingerprint density at radius 3 is 2.11 bits per heavy atom. The maximum absolute atomic E-state index is 11.3. The summed E-state index contributed by atoms with van der Waals surface area (Å²) in [5.74, 6) is 1.29. The predicted molar refractivity (Wildman–Crippen MR) is 137 cm³/mol. The number of carbonyl (C=O) groups is 1. The molecule has 0 aliphatic heterocycles. The number of ether oxygens (including phenoxy) is 4. The number of methoxy groups -OCH3 is 2. The van der Waals surface area contributed by atoms with E-state index in [1.165, 1.54) is 0 Å². The number of hydrogen-bond acceptors (Lipinski definition) is 5. The minimum absolute atomic E-state index is 0.319. The fourth-order valence-electron chi connectivity index (χ4n) is 3.77. The molecule has 3 aromatic rings. The smallest absolute Gasteiger partial charge is 0.333 e. The van der Waals surface area contributed by atoms with Gasteiger partial charge in [-0.25, -0.2) is 4.79 Å². The van der Waals surface area contributed by atoms with Crippen LogP contribution in [0.2, 0.25) is 0 Å². The highest BCUT2D eigenvalue weighted by atomic mass is 16.5. The SMILES string of the molecule is CCO[C@@H](Cc1ccc(OC/C=C(\C)c2ccc(-c3c(OC)cccc3OC)cc2)cc1)C(=O)O. The first-order valence-corrected chi connectivity index (χ1v) is 11.5. The van der Waals surface area contributed by atoms with Crippen LogP contribution in [0.15, 0.2) is 72.8 Å². The van der Waals surface area contributed by atoms with Gasteiger partial charge in [-0.2, -0.15) is 0 Å². The molecule has 1 atom stereocenters. The summed E-state index contributed by atoms with van der Waals surface area (Å²) in [6, 6.07) is 21.4. The lowest BCUT2D eigenvalue weighted by molar-refractivity contribution is -0.149. The van der Waals surface area contributed by atoms with Crippen LogP contribution in [0, 0.1) is 0 Å². The second-order valence-corrected chi connectivity index (χ2v) is 7.94. The number of hydrogen-bond donors (Lipinski definition) is 1. The molecule has 0 fully saturated rings. The Morgan fingerprint density at radius 2 is 1.57 bits per heavy atom. The molecule has 6 nitrogen and oxygen atoms in total. The first-order valence-electron chi connectivity index (χ1n) is 11.5. The van der Waals surface area contributed by atoms with Crippen LogP contribution in [0.5, 0.6) is 17.2 Å². The number of carboxylic acid groups (broad SMARTS) is 1. The van der Waals surface area contributed by atoms with Gasteiger partial charge in [-0.1, -0.05) is 42.5 Å². The van der Waals surface area contributed by atoms with Crippen molar-refractivity contribution in [2.75, 3.05) is 27.4 Å². The highest BCUT2D eigenvalue weighted by Crippen LogP contribution is 2.38. The molecule has 0 saturated carbocycles. The highest BCUT2D eigenvalue weighted by Gasteiger charge is 2.17. The van der Waals surface area contributed by atoms with Crippen molar-refractivity contribution in [3.05, 3.63) is 83.9 Å². The molecule has 3 aromatic carbocycles. The molecule has 0 heterocycles. The van der Waals surface area contributed by atoms with Crippen molar-refractivity contribution < 1.29 is 28.8 Å². The first kappa shape index (κ1) is 25.8. The summed E-state index contributed by atoms with van der Waals surface area (Å²) in [5.41, 5.74) is 5.02. The summed E-state index contributed by atoms with van der Waals surface area (Å²) < 4.78 is 22.2. The second kappa shape index (κ2) is 12.6. The van der Waals surface area contributed by atoms with E-state index < -0.39 is 12.1 Å². The average molecular weight is 477 g/mol. The fourth-order valence-corrected chi connectivity index (χ4v) is 3.77. The first-order chi connectivity index (χ1) is 17.0. The Bertz CT molecular complexity index is 1110. The number of aliphatic carboxylic acids is 1. The van der Waals surface area contributed by atoms with Crippen LogP contribution in [0.3, 0.4) is 0 Å². The maximum Gasteiger partial charge on any atom is 0.333 e. The van der Waals surface area contributed by atoms with Crippen molar-refractivity contribution in [3.8, 4) is 28.4 Å². The number of benzene rings is 3. The molecule has 0 aromatic heterocycles. The molecule has 0 amide bonds. The third-order valence-electron chi connectivity index (χ3n) is 5.68. The monoisotopic (exact) mass is 476 g/mol. The van der Waals surface area contributed by atoms with Gasteiger partial charge in [0.25, 0.3) is 0 Å². The van der Waals surface area contributed by atoms with Gasteiger partial charge in [-0.15, -0.1) is 0 Å². The van der Waals surface area contributed by atoms with Crippen molar-refractivity contribution in [3.63, 3.8) is 0 Å². The quantitative estimate of drug-likeness (QED) is 0.352. The summed E-state index contributed by atoms with van der Waals surface area (Å²) in [5, 5.41) is 9.24. The van der Waals surface area contributed by atoms with E-state index in [4.69, 9.17) is 18.9 Å². The van der Waals surface area contributed by atoms with E-state index in [1.54, 1.807) is 21.1 Å². The Morgan fingerprint density at radius 1 is 0.943 bits per heavy atom. The molecule has 0 aliphatic rings. The average Bonchev–Trinajstić information content (AvgIpc) is 2.88. The van der Waals surface area contributed by atoms with E-state index in [9.17, 15) is 9.90 Å². The third-order valence-corrected chi connectivity index (χ3v) is 5.68. The number of allylic oxidation sites excluding steroid dienone is 1. The van der Waals surface area contributed by atoms with E-state index in [0.717, 1.165) is 45.1 Å². The standard InChI is InChI=1S/C29H32O6/c1-5-34-27(29(30)31)19-21-9-15-24(16-10-21)35-18-17-20(2)22-11-13-23(14-12-22)28-25(32-3)7-6-8-26(28)33-4/h6-17,27H,5,18-19H2,1-4H3,(H,30,31)/b20-17+/t27-/m0/s1. The fraction of sp³-hybridized carbons (Fsp3) is 0.276. The predicted octanol–water partition coefficient (Wildman–Crippen LogP) is 5.89. The Hall–Kier alpha value is -3.77. The summed E-state index contributed by atoms with van der Waals surface area (Å²) in [7, 11) is 3.31. The van der Waals surface area contributed by atoms with E-state index in [-0.39, 0.29) is 0 Å². The van der Waals surface area contributed by atoms with Crippen molar-refractivity contribution in [2.24, 2.45) is 0 Å². The van der Waals surface area contributed by atoms with Gasteiger partial charge in [0.15, 0.2) is 6.10 Å². The van der Waals surface area contributed by atoms with Gasteiger partial charge >= 0.3 is 5.97 Å². The van der Waals surface area contributed by atoms with Crippen LogP contribution >= 0.6 is 0 Å². The summed E-state index contributed by atoms with van der Waals surface area (Å²) in [6.07, 6.45) is 1.51. The molecule has 0 bridgehead atoms. The van der Waals surface area contributed by atoms with Crippen LogP contribution in [0.1, 0.15) is 25.0 Å². The highest BCUT2D eigenvalue weighted by molar-refractivity contribution is 5.78. The topological polar surface area (TPSA) is 74.2 Å². The van der Waals surface area contributed by atoms with Crippen LogP contribution in [-0.4, -0.2) is 44.6 Å². The molecular weight excluding hydrogens is 444 g/mol. The van der Waals surface area contributed by atoms with Gasteiger partial charge in [-0.3, -0.25) is 0 Å². The molecule has 0 saturated heterocycles. The van der Waals surface area contributed by atoms with E-state index in [0.29, 0.717) is 19.6 Å². The lowest BCUT2D eigenvalue weighted by Crippen LogP contribution is -2.26. The van der Waals surface area contributed by atoms with Crippen LogP contribution in [-0.2, 0) is 16.0 Å². The Kier molecular flexibility index (Phi) is 9.32. The molecule has 0 unspecified atom stereocenters. The lowest BCUT2D eigenvalue weighted by Gasteiger charge is -2.14. The number of carboxylic acids is 1. The normalized spacial score (nSPS) is 12.2. The molecule has 184 valence electrons. The third kappa shape index (κ3) is 6.87. The van der Waals surface area contributed by atoms with E-state index in [2.05, 4.69) is 24.3 Å². The molecule has 0 aliphatic carbocycles. The van der Waals surface area contributed by atoms with Gasteiger partial charge in [0.1, 0.15) is 23.9 Å². The van der Waals surface area contributed by atoms with Gasteiger partial charge in [0, 0.05) is 13.0 Å². The molecule has 6 heteroatoms. The molecule has 0 radical (unpaired) electrons. The minimum atomic E-state index is -0.956. The molecule has 1 N–H and O–H groups in total. The van der Waals surface area contributed by atoms with E-state index in [1.807, 2.05) is 55.5 Å². The minimum Gasteiger partial charge on any atom is -0.496 e. The second-order valence-electron chi connectivity index (χ2n) is 7.94. The Balaban J connectivity index is 1.62. The van der Waals surface area contributed by atoms with Gasteiger partial charge in [0.2, 0.25) is 0 Å². The molecule has 0 spiro atoms. The molecular formula is C29H32O6. The summed E-state index contributed by atoms with van der Waals surface area (Å²) in [4.78, 5) is 11.3. The van der Waals surface area contributed by atoms with Gasteiger partial charge in [0.05, 0.1) is 19.8 Å². The van der Waals surface area contributed by atoms with Gasteiger partial charge in [-0.05, 0) is 66.5 Å². The van der Waals surface area contributed by atoms with Crippen LogP contribution in [0.4, 0.5) is 0 Å². The summed E-state index contributed by atoms with van der Waals surface area (Å²) in [6.45, 7) is 4.62. The summed E-state index contributed by atoms with van der Waals surface area (Å²) >= 11 is 0. The van der Waals surface area contributed by atoms with Crippen molar-refractivity contribution >= 4 is 11.5 Å². The van der Waals surface area contributed by atoms with Crippen LogP contribution < -0.4 is 14.2 Å². The zero-order valence-electron chi connectivity index (χ0n) is 20.6. The van der Waals surface area contributed by atoms with Crippen LogP contribution in [0.25, 0.3) is 16.7 Å². The maximum atomic E-state index is 11.3.